The van der Waals surface area contributed by atoms with Crippen LogP contribution in [0.2, 0.25) is 0 Å². The summed E-state index contributed by atoms with van der Waals surface area (Å²) in [6, 6.07) is -1.61. The second-order valence-electron chi connectivity index (χ2n) is 7.80. The van der Waals surface area contributed by atoms with E-state index in [9.17, 15) is 19.2 Å². The fraction of sp³-hybridized carbons (Fsp3) is 0.727. The van der Waals surface area contributed by atoms with Crippen molar-refractivity contribution >= 4 is 23.5 Å². The third kappa shape index (κ3) is 8.26. The highest BCUT2D eigenvalue weighted by atomic mass is 16.2. The lowest BCUT2D eigenvalue weighted by molar-refractivity contribution is -0.142. The Hall–Kier alpha value is -2.22. The summed E-state index contributed by atoms with van der Waals surface area (Å²) in [5.41, 5.74) is 5.47. The van der Waals surface area contributed by atoms with Crippen molar-refractivity contribution in [2.24, 2.45) is 17.6 Å². The second kappa shape index (κ2) is 14.7. The monoisotopic (exact) mass is 424 g/mol. The lowest BCUT2D eigenvalue weighted by Gasteiger charge is -2.27. The number of unbranched alkanes of at least 4 members (excludes halogenated alkanes) is 1. The minimum Gasteiger partial charge on any atom is -0.346 e. The summed E-state index contributed by atoms with van der Waals surface area (Å²) in [4.78, 5) is 51.0. The normalized spacial score (nSPS) is 21.1. The predicted molar refractivity (Wildman–Crippen MR) is 119 cm³/mol. The van der Waals surface area contributed by atoms with Crippen molar-refractivity contribution in [3.05, 3.63) is 12.7 Å². The molecule has 0 aromatic rings. The number of carbonyl (C=O) groups is 4. The van der Waals surface area contributed by atoms with Crippen molar-refractivity contribution in [2.75, 3.05) is 19.6 Å². The number of nitrogens with zero attached hydrogens (tertiary/aromatic N) is 1. The van der Waals surface area contributed by atoms with Gasteiger partial charge in [0, 0.05) is 13.1 Å². The lowest BCUT2D eigenvalue weighted by Crippen LogP contribution is -2.55. The van der Waals surface area contributed by atoms with Crippen molar-refractivity contribution in [3.63, 3.8) is 0 Å². The van der Waals surface area contributed by atoms with E-state index in [0.717, 1.165) is 6.42 Å². The van der Waals surface area contributed by atoms with Crippen molar-refractivity contribution in [1.82, 2.24) is 15.5 Å². The van der Waals surface area contributed by atoms with E-state index >= 15 is 0 Å². The first-order valence-electron chi connectivity index (χ1n) is 10.9. The Bertz CT molecular complexity index is 594. The van der Waals surface area contributed by atoms with Crippen LogP contribution < -0.4 is 16.4 Å². The van der Waals surface area contributed by atoms with Gasteiger partial charge >= 0.3 is 0 Å². The fourth-order valence-electron chi connectivity index (χ4n) is 3.28. The molecule has 1 fully saturated rings. The molecule has 172 valence electrons. The first kappa shape index (κ1) is 27.8. The Labute approximate surface area is 181 Å². The van der Waals surface area contributed by atoms with Gasteiger partial charge in [0.05, 0.1) is 12.6 Å². The number of carbonyl (C=O) groups excluding carboxylic acids is 4. The summed E-state index contributed by atoms with van der Waals surface area (Å²) in [5, 5.41) is 5.15. The molecular weight excluding hydrogens is 384 g/mol. The molecule has 0 radical (unpaired) electrons. The number of ketones is 1. The quantitative estimate of drug-likeness (QED) is 0.361. The fourth-order valence-corrected chi connectivity index (χ4v) is 3.28. The predicted octanol–water partition coefficient (Wildman–Crippen LogP) is 1.39. The molecule has 1 heterocycles. The van der Waals surface area contributed by atoms with E-state index < -0.39 is 29.7 Å². The number of nitrogens with one attached hydrogen (secondary N) is 2. The Kier molecular flexibility index (Phi) is 13.6. The van der Waals surface area contributed by atoms with E-state index in [4.69, 9.17) is 5.73 Å². The first-order valence-corrected chi connectivity index (χ1v) is 10.9. The summed E-state index contributed by atoms with van der Waals surface area (Å²) in [5.74, 6) is -2.09. The third-order valence-corrected chi connectivity index (χ3v) is 5.09. The molecule has 0 aromatic carbocycles. The molecule has 30 heavy (non-hydrogen) atoms. The van der Waals surface area contributed by atoms with E-state index in [1.165, 1.54) is 17.4 Å². The van der Waals surface area contributed by atoms with E-state index in [2.05, 4.69) is 31.1 Å². The van der Waals surface area contributed by atoms with Crippen LogP contribution in [0.5, 0.6) is 0 Å². The smallest absolute Gasteiger partial charge is 0.289 e. The zero-order valence-corrected chi connectivity index (χ0v) is 19.2. The van der Waals surface area contributed by atoms with Gasteiger partial charge in [-0.25, -0.2) is 0 Å². The van der Waals surface area contributed by atoms with Gasteiger partial charge in [0.1, 0.15) is 6.04 Å². The van der Waals surface area contributed by atoms with Gasteiger partial charge in [-0.2, -0.15) is 0 Å². The SMILES string of the molecule is C=CCNC(=O)C(=O)C(CCCC)NC(=O)C1C(C)C(C)CN1C(=O)CN.CCC. The van der Waals surface area contributed by atoms with Crippen molar-refractivity contribution in [3.8, 4) is 0 Å². The molecule has 0 aromatic heterocycles. The molecule has 4 atom stereocenters. The molecular formula is C22H40N4O4. The summed E-state index contributed by atoms with van der Waals surface area (Å²) < 4.78 is 0. The van der Waals surface area contributed by atoms with E-state index in [1.807, 2.05) is 20.8 Å². The third-order valence-electron chi connectivity index (χ3n) is 5.09. The number of hydrogen-bond donors (Lipinski definition) is 3. The van der Waals surface area contributed by atoms with Gasteiger partial charge in [-0.05, 0) is 18.3 Å². The highest BCUT2D eigenvalue weighted by Crippen LogP contribution is 2.29. The Morgan fingerprint density at radius 1 is 1.20 bits per heavy atom. The zero-order chi connectivity index (χ0) is 23.3. The molecule has 3 amide bonds. The number of rotatable bonds is 10. The number of amides is 3. The second-order valence-corrected chi connectivity index (χ2v) is 7.80. The Balaban J connectivity index is 0.00000263. The standard InChI is InChI=1S/C19H32N4O4.C3H8/c1-5-7-8-14(17(25)19(27)21-9-6-2)22-18(26)16-13(4)12(3)11-23(16)15(24)10-20;1-3-2/h6,12-14,16H,2,5,7-11,20H2,1,3-4H3,(H,21,27)(H,22,26);3H2,1-2H3. The molecule has 0 saturated carbocycles. The van der Waals surface area contributed by atoms with Gasteiger partial charge in [0.25, 0.3) is 5.91 Å². The molecule has 4 unspecified atom stereocenters. The average Bonchev–Trinajstić information content (AvgIpc) is 3.03. The number of Topliss-reactive ketones (excluding diaryl/α,β-unsaturated/α-hetero) is 1. The van der Waals surface area contributed by atoms with Crippen LogP contribution in [0.25, 0.3) is 0 Å². The largest absolute Gasteiger partial charge is 0.346 e. The molecule has 0 spiro atoms. The van der Waals surface area contributed by atoms with Crippen LogP contribution >= 0.6 is 0 Å². The first-order chi connectivity index (χ1) is 14.2. The van der Waals surface area contributed by atoms with Crippen LogP contribution in [0.15, 0.2) is 12.7 Å². The molecule has 0 bridgehead atoms. The Morgan fingerprint density at radius 2 is 1.80 bits per heavy atom. The van der Waals surface area contributed by atoms with Crippen LogP contribution in [0.3, 0.4) is 0 Å². The van der Waals surface area contributed by atoms with Crippen molar-refractivity contribution in [1.29, 1.82) is 0 Å². The van der Waals surface area contributed by atoms with E-state index in [0.29, 0.717) is 19.4 Å². The van der Waals surface area contributed by atoms with Gasteiger partial charge in [-0.1, -0.05) is 60.0 Å². The highest BCUT2D eigenvalue weighted by Gasteiger charge is 2.44. The maximum absolute atomic E-state index is 12.9. The van der Waals surface area contributed by atoms with Crippen molar-refractivity contribution in [2.45, 2.75) is 72.4 Å². The minimum absolute atomic E-state index is 0.0722. The molecule has 1 aliphatic heterocycles. The van der Waals surface area contributed by atoms with Gasteiger partial charge in [-0.15, -0.1) is 6.58 Å². The number of nitrogens with two attached hydrogens (primary N) is 1. The van der Waals surface area contributed by atoms with Crippen LogP contribution in [-0.2, 0) is 19.2 Å². The van der Waals surface area contributed by atoms with Crippen LogP contribution in [0, 0.1) is 11.8 Å². The maximum Gasteiger partial charge on any atom is 0.289 e. The molecule has 4 N–H and O–H groups in total. The van der Waals surface area contributed by atoms with Crippen LogP contribution in [-0.4, -0.2) is 60.1 Å². The van der Waals surface area contributed by atoms with Crippen LogP contribution in [0.1, 0.15) is 60.3 Å². The van der Waals surface area contributed by atoms with Gasteiger partial charge in [-0.3, -0.25) is 19.2 Å². The highest BCUT2D eigenvalue weighted by molar-refractivity contribution is 6.38. The zero-order valence-electron chi connectivity index (χ0n) is 19.2. The Morgan fingerprint density at radius 3 is 2.30 bits per heavy atom. The number of hydrogen-bond acceptors (Lipinski definition) is 5. The summed E-state index contributed by atoms with van der Waals surface area (Å²) in [7, 11) is 0. The molecule has 8 nitrogen and oxygen atoms in total. The lowest BCUT2D eigenvalue weighted by atomic mass is 9.93. The van der Waals surface area contributed by atoms with Crippen LogP contribution in [0.4, 0.5) is 0 Å². The van der Waals surface area contributed by atoms with Gasteiger partial charge in [0.2, 0.25) is 17.6 Å². The van der Waals surface area contributed by atoms with Gasteiger partial charge < -0.3 is 21.3 Å². The summed E-state index contributed by atoms with van der Waals surface area (Å²) in [6.45, 7) is 14.0. The van der Waals surface area contributed by atoms with E-state index in [1.54, 1.807) is 0 Å². The van der Waals surface area contributed by atoms with Crippen molar-refractivity contribution < 1.29 is 19.2 Å². The van der Waals surface area contributed by atoms with Gasteiger partial charge in [0.15, 0.2) is 0 Å². The maximum atomic E-state index is 12.9. The summed E-state index contributed by atoms with van der Waals surface area (Å²) >= 11 is 0. The minimum atomic E-state index is -0.916. The molecule has 0 aliphatic carbocycles. The average molecular weight is 425 g/mol. The molecule has 1 saturated heterocycles. The topological polar surface area (TPSA) is 122 Å². The summed E-state index contributed by atoms with van der Waals surface area (Å²) in [6.07, 6.45) is 4.60. The molecule has 1 rings (SSSR count). The molecule has 1 aliphatic rings. The number of likely N-dealkylation sites (tertiary alicyclic amines) is 1. The molecule has 8 heteroatoms. The van der Waals surface area contributed by atoms with E-state index in [-0.39, 0.29) is 30.8 Å².